The Hall–Kier alpha value is -0.800. The van der Waals surface area contributed by atoms with E-state index in [0.717, 1.165) is 17.9 Å². The summed E-state index contributed by atoms with van der Waals surface area (Å²) in [5.41, 5.74) is 10.7. The first kappa shape index (κ1) is 7.31. The van der Waals surface area contributed by atoms with Gasteiger partial charge in [0.05, 0.1) is 6.54 Å². The molecular weight excluding hydrogens is 128 g/mol. The number of furan rings is 1. The molecule has 0 aliphatic carbocycles. The van der Waals surface area contributed by atoms with Gasteiger partial charge in [-0.3, -0.25) is 0 Å². The molecule has 0 saturated carbocycles. The van der Waals surface area contributed by atoms with Gasteiger partial charge in [0.15, 0.2) is 0 Å². The maximum absolute atomic E-state index is 5.33. The molecule has 1 heterocycles. The highest BCUT2D eigenvalue weighted by molar-refractivity contribution is 5.06. The van der Waals surface area contributed by atoms with Crippen LogP contribution in [0.1, 0.15) is 11.5 Å². The number of hydrogen-bond donors (Lipinski definition) is 2. The van der Waals surface area contributed by atoms with Crippen LogP contribution in [0.15, 0.2) is 16.5 Å². The molecule has 0 saturated heterocycles. The van der Waals surface area contributed by atoms with Crippen molar-refractivity contribution in [3.63, 3.8) is 0 Å². The first-order valence-corrected chi connectivity index (χ1v) is 3.34. The molecule has 3 nitrogen and oxygen atoms in total. The summed E-state index contributed by atoms with van der Waals surface area (Å²) in [7, 11) is 0. The van der Waals surface area contributed by atoms with Gasteiger partial charge in [-0.25, -0.2) is 0 Å². The van der Waals surface area contributed by atoms with E-state index in [4.69, 9.17) is 15.9 Å². The van der Waals surface area contributed by atoms with Crippen molar-refractivity contribution in [2.24, 2.45) is 11.5 Å². The maximum Gasteiger partial charge on any atom is 0.117 e. The highest BCUT2D eigenvalue weighted by atomic mass is 16.3. The van der Waals surface area contributed by atoms with Crippen molar-refractivity contribution in [3.05, 3.63) is 23.7 Å². The van der Waals surface area contributed by atoms with Crippen molar-refractivity contribution in [1.82, 2.24) is 0 Å². The van der Waals surface area contributed by atoms with Gasteiger partial charge in [-0.2, -0.15) is 0 Å². The van der Waals surface area contributed by atoms with Gasteiger partial charge in [0.1, 0.15) is 11.5 Å². The normalized spacial score (nSPS) is 10.2. The zero-order valence-corrected chi connectivity index (χ0v) is 5.84. The molecule has 1 rings (SSSR count). The van der Waals surface area contributed by atoms with Gasteiger partial charge >= 0.3 is 0 Å². The third kappa shape index (κ3) is 1.59. The van der Waals surface area contributed by atoms with E-state index in [9.17, 15) is 0 Å². The van der Waals surface area contributed by atoms with Crippen molar-refractivity contribution in [2.75, 3.05) is 6.54 Å². The zero-order chi connectivity index (χ0) is 7.40. The Morgan fingerprint density at radius 1 is 1.20 bits per heavy atom. The fourth-order valence-corrected chi connectivity index (χ4v) is 0.809. The van der Waals surface area contributed by atoms with Crippen LogP contribution in [0, 0.1) is 0 Å². The van der Waals surface area contributed by atoms with Crippen molar-refractivity contribution < 1.29 is 4.42 Å². The van der Waals surface area contributed by atoms with Gasteiger partial charge in [0.25, 0.3) is 0 Å². The fourth-order valence-electron chi connectivity index (χ4n) is 0.809. The van der Waals surface area contributed by atoms with Crippen molar-refractivity contribution >= 4 is 0 Å². The summed E-state index contributed by atoms with van der Waals surface area (Å²) in [6, 6.07) is 3.79. The summed E-state index contributed by atoms with van der Waals surface area (Å²) in [4.78, 5) is 0. The Balaban J connectivity index is 2.59. The summed E-state index contributed by atoms with van der Waals surface area (Å²) >= 11 is 0. The lowest BCUT2D eigenvalue weighted by atomic mass is 10.3. The number of rotatable bonds is 3. The number of nitrogens with two attached hydrogens (primary N) is 2. The molecule has 56 valence electrons. The Morgan fingerprint density at radius 2 is 1.90 bits per heavy atom. The summed E-state index contributed by atoms with van der Waals surface area (Å²) < 4.78 is 5.27. The molecule has 0 fully saturated rings. The molecule has 1 aromatic heterocycles. The van der Waals surface area contributed by atoms with Gasteiger partial charge in [-0.1, -0.05) is 0 Å². The molecule has 0 bridgehead atoms. The van der Waals surface area contributed by atoms with Gasteiger partial charge in [-0.05, 0) is 18.7 Å². The highest BCUT2D eigenvalue weighted by Gasteiger charge is 1.97. The summed E-state index contributed by atoms with van der Waals surface area (Å²) in [5, 5.41) is 0. The van der Waals surface area contributed by atoms with Gasteiger partial charge in [-0.15, -0.1) is 0 Å². The Morgan fingerprint density at radius 3 is 2.40 bits per heavy atom. The van der Waals surface area contributed by atoms with E-state index in [1.54, 1.807) is 0 Å². The second-order valence-electron chi connectivity index (χ2n) is 2.11. The monoisotopic (exact) mass is 140 g/mol. The lowest BCUT2D eigenvalue weighted by molar-refractivity contribution is 0.468. The summed E-state index contributed by atoms with van der Waals surface area (Å²) in [6.45, 7) is 1.09. The molecule has 0 aliphatic rings. The molecule has 0 amide bonds. The minimum Gasteiger partial charge on any atom is -0.465 e. The smallest absolute Gasteiger partial charge is 0.117 e. The Labute approximate surface area is 60.0 Å². The molecule has 4 N–H and O–H groups in total. The molecule has 10 heavy (non-hydrogen) atoms. The van der Waals surface area contributed by atoms with Crippen LogP contribution in [-0.4, -0.2) is 6.54 Å². The van der Waals surface area contributed by atoms with Crippen LogP contribution < -0.4 is 11.5 Å². The molecule has 1 aromatic rings. The molecule has 0 radical (unpaired) electrons. The first-order valence-electron chi connectivity index (χ1n) is 3.34. The van der Waals surface area contributed by atoms with Gasteiger partial charge in [0, 0.05) is 6.42 Å². The van der Waals surface area contributed by atoms with Crippen LogP contribution in [0.5, 0.6) is 0 Å². The van der Waals surface area contributed by atoms with E-state index in [1.807, 2.05) is 12.1 Å². The molecule has 0 atom stereocenters. The zero-order valence-electron chi connectivity index (χ0n) is 5.84. The van der Waals surface area contributed by atoms with E-state index in [2.05, 4.69) is 0 Å². The number of hydrogen-bond acceptors (Lipinski definition) is 3. The van der Waals surface area contributed by atoms with Crippen LogP contribution in [0.3, 0.4) is 0 Å². The van der Waals surface area contributed by atoms with Crippen LogP contribution >= 0.6 is 0 Å². The first-order chi connectivity index (χ1) is 4.86. The van der Waals surface area contributed by atoms with E-state index in [-0.39, 0.29) is 0 Å². The van der Waals surface area contributed by atoms with Crippen LogP contribution in [-0.2, 0) is 13.0 Å². The minimum atomic E-state index is 0.463. The average Bonchev–Trinajstić information content (AvgIpc) is 2.37. The minimum absolute atomic E-state index is 0.463. The van der Waals surface area contributed by atoms with Crippen molar-refractivity contribution in [2.45, 2.75) is 13.0 Å². The molecule has 0 unspecified atom stereocenters. The Kier molecular flexibility index (Phi) is 2.48. The lowest BCUT2D eigenvalue weighted by Crippen LogP contribution is -2.01. The van der Waals surface area contributed by atoms with E-state index >= 15 is 0 Å². The predicted octanol–water partition coefficient (Wildman–Crippen LogP) is 0.239. The predicted molar refractivity (Wildman–Crippen MR) is 39.4 cm³/mol. The van der Waals surface area contributed by atoms with Gasteiger partial charge < -0.3 is 15.9 Å². The van der Waals surface area contributed by atoms with Crippen LogP contribution in [0.25, 0.3) is 0 Å². The molecule has 3 heteroatoms. The van der Waals surface area contributed by atoms with Crippen LogP contribution in [0.2, 0.25) is 0 Å². The van der Waals surface area contributed by atoms with Crippen molar-refractivity contribution in [1.29, 1.82) is 0 Å². The van der Waals surface area contributed by atoms with E-state index in [0.29, 0.717) is 13.1 Å². The van der Waals surface area contributed by atoms with Crippen LogP contribution in [0.4, 0.5) is 0 Å². The largest absolute Gasteiger partial charge is 0.465 e. The third-order valence-corrected chi connectivity index (χ3v) is 1.31. The second kappa shape index (κ2) is 3.39. The quantitative estimate of drug-likeness (QED) is 0.632. The average molecular weight is 140 g/mol. The Bertz CT molecular complexity index is 195. The second-order valence-corrected chi connectivity index (χ2v) is 2.11. The summed E-state index contributed by atoms with van der Waals surface area (Å²) in [5.74, 6) is 1.74. The van der Waals surface area contributed by atoms with E-state index in [1.165, 1.54) is 0 Å². The fraction of sp³-hybridized carbons (Fsp3) is 0.429. The summed E-state index contributed by atoms with van der Waals surface area (Å²) in [6.07, 6.45) is 0.792. The molecule has 0 spiro atoms. The topological polar surface area (TPSA) is 65.2 Å². The molecule has 0 aliphatic heterocycles. The van der Waals surface area contributed by atoms with Gasteiger partial charge in [0.2, 0.25) is 0 Å². The standard InChI is InChI=1S/C7H12N2O/c8-4-3-6-1-2-7(5-9)10-6/h1-2H,3-5,8-9H2. The molecular formula is C7H12N2O. The SMILES string of the molecule is NCCc1ccc(CN)o1. The third-order valence-electron chi connectivity index (χ3n) is 1.31. The lowest BCUT2D eigenvalue weighted by Gasteiger charge is -1.90. The maximum atomic E-state index is 5.33. The van der Waals surface area contributed by atoms with E-state index < -0.39 is 0 Å². The van der Waals surface area contributed by atoms with Crippen molar-refractivity contribution in [3.8, 4) is 0 Å². The molecule has 0 aromatic carbocycles. The highest BCUT2D eigenvalue weighted by Crippen LogP contribution is 2.06.